The molecule has 0 saturated carbocycles. The van der Waals surface area contributed by atoms with Gasteiger partial charge < -0.3 is 5.32 Å². The van der Waals surface area contributed by atoms with E-state index in [4.69, 9.17) is 4.98 Å². The summed E-state index contributed by atoms with van der Waals surface area (Å²) >= 11 is 1.69. The molecule has 0 bridgehead atoms. The van der Waals surface area contributed by atoms with Gasteiger partial charge in [-0.1, -0.05) is 13.8 Å². The minimum Gasteiger partial charge on any atom is -0.309 e. The SMILES string of the molecule is CCCNC(C)c1csc(-c2cnn(CCC)c2)n1. The van der Waals surface area contributed by atoms with E-state index in [1.54, 1.807) is 11.3 Å². The van der Waals surface area contributed by atoms with E-state index in [-0.39, 0.29) is 0 Å². The van der Waals surface area contributed by atoms with Crippen molar-refractivity contribution in [3.63, 3.8) is 0 Å². The average molecular weight is 278 g/mol. The number of thiazole rings is 1. The van der Waals surface area contributed by atoms with Crippen LogP contribution in [0.1, 0.15) is 45.3 Å². The molecule has 0 aliphatic carbocycles. The fourth-order valence-corrected chi connectivity index (χ4v) is 2.80. The second-order valence-electron chi connectivity index (χ2n) is 4.75. The first-order chi connectivity index (χ1) is 9.24. The van der Waals surface area contributed by atoms with E-state index in [0.29, 0.717) is 6.04 Å². The highest BCUT2D eigenvalue weighted by Crippen LogP contribution is 2.25. The summed E-state index contributed by atoms with van der Waals surface area (Å²) in [5, 5.41) is 11.0. The maximum absolute atomic E-state index is 4.71. The third-order valence-corrected chi connectivity index (χ3v) is 3.91. The van der Waals surface area contributed by atoms with Crippen LogP contribution in [0.25, 0.3) is 10.6 Å². The zero-order chi connectivity index (χ0) is 13.7. The molecule has 2 aromatic heterocycles. The Morgan fingerprint density at radius 1 is 1.37 bits per heavy atom. The fourth-order valence-electron chi connectivity index (χ4n) is 1.91. The van der Waals surface area contributed by atoms with Crippen LogP contribution in [0.2, 0.25) is 0 Å². The normalized spacial score (nSPS) is 12.8. The molecular weight excluding hydrogens is 256 g/mol. The largest absolute Gasteiger partial charge is 0.309 e. The van der Waals surface area contributed by atoms with Crippen molar-refractivity contribution in [3.8, 4) is 10.6 Å². The van der Waals surface area contributed by atoms with Gasteiger partial charge in [-0.25, -0.2) is 4.98 Å². The van der Waals surface area contributed by atoms with Crippen molar-refractivity contribution in [2.45, 2.75) is 46.2 Å². The Balaban J connectivity index is 2.06. The molecule has 1 atom stereocenters. The van der Waals surface area contributed by atoms with Crippen molar-refractivity contribution in [2.24, 2.45) is 0 Å². The lowest BCUT2D eigenvalue weighted by atomic mass is 10.2. The van der Waals surface area contributed by atoms with Crippen LogP contribution in [0.3, 0.4) is 0 Å². The fraction of sp³-hybridized carbons (Fsp3) is 0.571. The summed E-state index contributed by atoms with van der Waals surface area (Å²) in [6, 6.07) is 0.315. The topological polar surface area (TPSA) is 42.7 Å². The monoisotopic (exact) mass is 278 g/mol. The predicted octanol–water partition coefficient (Wildman–Crippen LogP) is 3.48. The van der Waals surface area contributed by atoms with Crippen molar-refractivity contribution >= 4 is 11.3 Å². The minimum atomic E-state index is 0.315. The highest BCUT2D eigenvalue weighted by atomic mass is 32.1. The second-order valence-corrected chi connectivity index (χ2v) is 5.60. The summed E-state index contributed by atoms with van der Waals surface area (Å²) in [5.74, 6) is 0. The van der Waals surface area contributed by atoms with Gasteiger partial charge in [-0.2, -0.15) is 5.10 Å². The molecule has 0 aromatic carbocycles. The molecule has 4 nitrogen and oxygen atoms in total. The van der Waals surface area contributed by atoms with E-state index in [1.165, 1.54) is 0 Å². The van der Waals surface area contributed by atoms with Crippen molar-refractivity contribution in [1.82, 2.24) is 20.1 Å². The van der Waals surface area contributed by atoms with Gasteiger partial charge in [0.05, 0.1) is 11.9 Å². The smallest absolute Gasteiger partial charge is 0.126 e. The van der Waals surface area contributed by atoms with Crippen molar-refractivity contribution in [3.05, 3.63) is 23.5 Å². The third-order valence-electron chi connectivity index (χ3n) is 3.00. The van der Waals surface area contributed by atoms with Crippen molar-refractivity contribution in [2.75, 3.05) is 6.54 Å². The average Bonchev–Trinajstić information content (AvgIpc) is 3.04. The molecule has 0 amide bonds. The Bertz CT molecular complexity index is 503. The van der Waals surface area contributed by atoms with Gasteiger partial charge >= 0.3 is 0 Å². The molecule has 1 unspecified atom stereocenters. The molecule has 19 heavy (non-hydrogen) atoms. The Morgan fingerprint density at radius 3 is 2.95 bits per heavy atom. The molecule has 0 aliphatic rings. The number of hydrogen-bond donors (Lipinski definition) is 1. The highest BCUT2D eigenvalue weighted by Gasteiger charge is 2.11. The molecule has 104 valence electrons. The third kappa shape index (κ3) is 3.64. The van der Waals surface area contributed by atoms with Gasteiger partial charge in [-0.3, -0.25) is 4.68 Å². The van der Waals surface area contributed by atoms with Crippen molar-refractivity contribution < 1.29 is 0 Å². The molecule has 0 fully saturated rings. The van der Waals surface area contributed by atoms with Gasteiger partial charge in [0, 0.05) is 29.7 Å². The van der Waals surface area contributed by atoms with E-state index in [9.17, 15) is 0 Å². The molecule has 0 radical (unpaired) electrons. The number of aryl methyl sites for hydroxylation is 1. The van der Waals surface area contributed by atoms with Crippen LogP contribution in [0.15, 0.2) is 17.8 Å². The Morgan fingerprint density at radius 2 is 2.21 bits per heavy atom. The number of nitrogens with zero attached hydrogens (tertiary/aromatic N) is 3. The van der Waals surface area contributed by atoms with E-state index in [0.717, 1.165) is 42.2 Å². The molecule has 1 N–H and O–H groups in total. The lowest BCUT2D eigenvalue weighted by Gasteiger charge is -2.09. The first-order valence-corrected chi connectivity index (χ1v) is 7.84. The summed E-state index contributed by atoms with van der Waals surface area (Å²) in [7, 11) is 0. The zero-order valence-corrected chi connectivity index (χ0v) is 12.7. The lowest BCUT2D eigenvalue weighted by molar-refractivity contribution is 0.561. The summed E-state index contributed by atoms with van der Waals surface area (Å²) < 4.78 is 1.98. The van der Waals surface area contributed by atoms with Gasteiger partial charge in [-0.05, 0) is 26.3 Å². The molecule has 2 heterocycles. The molecule has 2 aromatic rings. The Hall–Kier alpha value is -1.20. The van der Waals surface area contributed by atoms with Gasteiger partial charge in [0.1, 0.15) is 5.01 Å². The van der Waals surface area contributed by atoms with Crippen LogP contribution < -0.4 is 5.32 Å². The van der Waals surface area contributed by atoms with Crippen LogP contribution in [-0.2, 0) is 6.54 Å². The number of nitrogens with one attached hydrogen (secondary N) is 1. The number of aromatic nitrogens is 3. The first kappa shape index (κ1) is 14.2. The molecule has 0 aliphatic heterocycles. The predicted molar refractivity (Wildman–Crippen MR) is 80.3 cm³/mol. The van der Waals surface area contributed by atoms with Crippen LogP contribution >= 0.6 is 11.3 Å². The van der Waals surface area contributed by atoms with Crippen LogP contribution in [0, 0.1) is 0 Å². The standard InChI is InChI=1S/C14H22N4S/c1-4-6-15-11(3)13-10-19-14(17-13)12-8-16-18(9-12)7-5-2/h8-11,15H,4-7H2,1-3H3. The Labute approximate surface area is 118 Å². The van der Waals surface area contributed by atoms with Crippen molar-refractivity contribution in [1.29, 1.82) is 0 Å². The zero-order valence-electron chi connectivity index (χ0n) is 11.9. The molecule has 0 saturated heterocycles. The maximum atomic E-state index is 4.71. The van der Waals surface area contributed by atoms with Gasteiger partial charge in [-0.15, -0.1) is 11.3 Å². The number of hydrogen-bond acceptors (Lipinski definition) is 4. The van der Waals surface area contributed by atoms with Crippen LogP contribution in [-0.4, -0.2) is 21.3 Å². The van der Waals surface area contributed by atoms with Crippen LogP contribution in [0.5, 0.6) is 0 Å². The van der Waals surface area contributed by atoms with Gasteiger partial charge in [0.25, 0.3) is 0 Å². The summed E-state index contributed by atoms with van der Waals surface area (Å²) in [6.07, 6.45) is 6.23. The second kappa shape index (κ2) is 6.82. The van der Waals surface area contributed by atoms with E-state index < -0.39 is 0 Å². The summed E-state index contributed by atoms with van der Waals surface area (Å²) in [6.45, 7) is 8.49. The van der Waals surface area contributed by atoms with E-state index in [2.05, 4.69) is 42.8 Å². The minimum absolute atomic E-state index is 0.315. The van der Waals surface area contributed by atoms with E-state index in [1.807, 2.05) is 10.9 Å². The highest BCUT2D eigenvalue weighted by molar-refractivity contribution is 7.13. The quantitative estimate of drug-likeness (QED) is 0.843. The van der Waals surface area contributed by atoms with E-state index >= 15 is 0 Å². The Kier molecular flexibility index (Phi) is 5.10. The lowest BCUT2D eigenvalue weighted by Crippen LogP contribution is -2.19. The maximum Gasteiger partial charge on any atom is 0.126 e. The molecule has 0 spiro atoms. The molecule has 2 rings (SSSR count). The van der Waals surface area contributed by atoms with Gasteiger partial charge in [0.15, 0.2) is 0 Å². The van der Waals surface area contributed by atoms with Crippen LogP contribution in [0.4, 0.5) is 0 Å². The summed E-state index contributed by atoms with van der Waals surface area (Å²) in [5.41, 5.74) is 2.24. The van der Waals surface area contributed by atoms with Gasteiger partial charge in [0.2, 0.25) is 0 Å². The molecule has 5 heteroatoms. The summed E-state index contributed by atoms with van der Waals surface area (Å²) in [4.78, 5) is 4.71. The number of rotatable bonds is 7. The molecular formula is C14H22N4S. The first-order valence-electron chi connectivity index (χ1n) is 6.96.